The lowest BCUT2D eigenvalue weighted by molar-refractivity contribution is 0.0888. The molecule has 1 unspecified atom stereocenters. The first-order chi connectivity index (χ1) is 12.2. The standard InChI is InChI=1S/C20H33N3O2.HI/c1-16-5-6-19(17(2)13-16)7-10-23-20(21-3)22-9-4-11-24-14-18-8-12-25-15-18;/h5-6,13,18H,4,7-12,14-15H2,1-3H3,(H2,21,22,23);1H. The summed E-state index contributed by atoms with van der Waals surface area (Å²) < 4.78 is 11.1. The maximum absolute atomic E-state index is 5.71. The second kappa shape index (κ2) is 13.3. The Hall–Kier alpha value is -0.860. The highest BCUT2D eigenvalue weighted by Gasteiger charge is 2.15. The normalized spacial score (nSPS) is 17.0. The quantitative estimate of drug-likeness (QED) is 0.250. The molecule has 0 spiro atoms. The number of halogens is 1. The van der Waals surface area contributed by atoms with Gasteiger partial charge in [-0.05, 0) is 44.2 Å². The molecule has 2 N–H and O–H groups in total. The van der Waals surface area contributed by atoms with Crippen LogP contribution in [0.5, 0.6) is 0 Å². The van der Waals surface area contributed by atoms with Crippen LogP contribution in [0.25, 0.3) is 0 Å². The molecule has 0 radical (unpaired) electrons. The van der Waals surface area contributed by atoms with Gasteiger partial charge in [-0.3, -0.25) is 4.99 Å². The Morgan fingerprint density at radius 1 is 1.27 bits per heavy atom. The van der Waals surface area contributed by atoms with E-state index in [1.54, 1.807) is 0 Å². The highest BCUT2D eigenvalue weighted by molar-refractivity contribution is 14.0. The summed E-state index contributed by atoms with van der Waals surface area (Å²) in [6, 6.07) is 6.63. The molecule has 26 heavy (non-hydrogen) atoms. The van der Waals surface area contributed by atoms with Gasteiger partial charge >= 0.3 is 0 Å². The Morgan fingerprint density at radius 3 is 2.77 bits per heavy atom. The van der Waals surface area contributed by atoms with Crippen molar-refractivity contribution in [3.05, 3.63) is 34.9 Å². The van der Waals surface area contributed by atoms with Crippen LogP contribution in [0.4, 0.5) is 0 Å². The van der Waals surface area contributed by atoms with E-state index < -0.39 is 0 Å². The van der Waals surface area contributed by atoms with Gasteiger partial charge in [-0.2, -0.15) is 0 Å². The third-order valence-corrected chi connectivity index (χ3v) is 4.54. The largest absolute Gasteiger partial charge is 0.381 e. The predicted octanol–water partition coefficient (Wildman–Crippen LogP) is 3.07. The molecule has 1 saturated heterocycles. The summed E-state index contributed by atoms with van der Waals surface area (Å²) in [4.78, 5) is 4.27. The summed E-state index contributed by atoms with van der Waals surface area (Å²) >= 11 is 0. The van der Waals surface area contributed by atoms with Crippen LogP contribution >= 0.6 is 24.0 Å². The average molecular weight is 475 g/mol. The Balaban J connectivity index is 0.00000338. The van der Waals surface area contributed by atoms with E-state index in [-0.39, 0.29) is 24.0 Å². The number of benzene rings is 1. The molecular weight excluding hydrogens is 441 g/mol. The molecule has 5 nitrogen and oxygen atoms in total. The molecule has 2 rings (SSSR count). The average Bonchev–Trinajstić information content (AvgIpc) is 3.11. The minimum atomic E-state index is 0. The lowest BCUT2D eigenvalue weighted by atomic mass is 10.0. The topological polar surface area (TPSA) is 54.9 Å². The third kappa shape index (κ3) is 8.68. The van der Waals surface area contributed by atoms with Crippen molar-refractivity contribution in [1.82, 2.24) is 10.6 Å². The highest BCUT2D eigenvalue weighted by Crippen LogP contribution is 2.12. The minimum Gasteiger partial charge on any atom is -0.381 e. The Morgan fingerprint density at radius 2 is 2.08 bits per heavy atom. The van der Waals surface area contributed by atoms with Crippen molar-refractivity contribution in [2.24, 2.45) is 10.9 Å². The molecule has 1 aliphatic heterocycles. The molecule has 0 saturated carbocycles. The fourth-order valence-corrected chi connectivity index (χ4v) is 3.01. The van der Waals surface area contributed by atoms with Crippen molar-refractivity contribution in [3.63, 3.8) is 0 Å². The van der Waals surface area contributed by atoms with Gasteiger partial charge in [-0.25, -0.2) is 0 Å². The Kier molecular flexibility index (Phi) is 11.9. The Labute approximate surface area is 175 Å². The zero-order valence-electron chi connectivity index (χ0n) is 16.3. The first kappa shape index (κ1) is 23.2. The lowest BCUT2D eigenvalue weighted by Crippen LogP contribution is -2.39. The number of aryl methyl sites for hydroxylation is 2. The van der Waals surface area contributed by atoms with Crippen LogP contribution in [0.15, 0.2) is 23.2 Å². The smallest absolute Gasteiger partial charge is 0.190 e. The number of hydrogen-bond donors (Lipinski definition) is 2. The van der Waals surface area contributed by atoms with Crippen LogP contribution in [0.3, 0.4) is 0 Å². The molecule has 1 aromatic carbocycles. The van der Waals surface area contributed by atoms with Crippen molar-refractivity contribution in [3.8, 4) is 0 Å². The van der Waals surface area contributed by atoms with Crippen LogP contribution in [-0.2, 0) is 15.9 Å². The maximum Gasteiger partial charge on any atom is 0.190 e. The number of guanidine groups is 1. The number of nitrogens with zero attached hydrogens (tertiary/aromatic N) is 1. The molecule has 148 valence electrons. The molecule has 1 fully saturated rings. The van der Waals surface area contributed by atoms with E-state index >= 15 is 0 Å². The first-order valence-corrected chi connectivity index (χ1v) is 9.35. The molecule has 0 aliphatic carbocycles. The van der Waals surface area contributed by atoms with E-state index in [1.807, 2.05) is 7.05 Å². The maximum atomic E-state index is 5.71. The zero-order valence-corrected chi connectivity index (χ0v) is 18.7. The zero-order chi connectivity index (χ0) is 17.9. The second-order valence-electron chi connectivity index (χ2n) is 6.76. The molecule has 0 aromatic heterocycles. The fourth-order valence-electron chi connectivity index (χ4n) is 3.01. The lowest BCUT2D eigenvalue weighted by Gasteiger charge is -2.13. The van der Waals surface area contributed by atoms with Gasteiger partial charge in [0.25, 0.3) is 0 Å². The van der Waals surface area contributed by atoms with Crippen molar-refractivity contribution in [2.45, 2.75) is 33.1 Å². The van der Waals surface area contributed by atoms with Gasteiger partial charge in [0, 0.05) is 39.3 Å². The monoisotopic (exact) mass is 475 g/mol. The van der Waals surface area contributed by atoms with Crippen molar-refractivity contribution < 1.29 is 9.47 Å². The van der Waals surface area contributed by atoms with Gasteiger partial charge < -0.3 is 20.1 Å². The van der Waals surface area contributed by atoms with Crippen LogP contribution in [0.2, 0.25) is 0 Å². The predicted molar refractivity (Wildman–Crippen MR) is 119 cm³/mol. The third-order valence-electron chi connectivity index (χ3n) is 4.54. The number of aliphatic imine (C=N–C) groups is 1. The number of rotatable bonds is 9. The molecule has 1 atom stereocenters. The summed E-state index contributed by atoms with van der Waals surface area (Å²) in [7, 11) is 1.81. The summed E-state index contributed by atoms with van der Waals surface area (Å²) in [5.74, 6) is 1.45. The van der Waals surface area contributed by atoms with Gasteiger partial charge in [-0.1, -0.05) is 23.8 Å². The number of ether oxygens (including phenoxy) is 2. The molecule has 0 bridgehead atoms. The first-order valence-electron chi connectivity index (χ1n) is 9.35. The summed E-state index contributed by atoms with van der Waals surface area (Å²) in [5.41, 5.74) is 4.06. The molecule has 1 heterocycles. The van der Waals surface area contributed by atoms with E-state index in [2.05, 4.69) is 47.7 Å². The molecular formula is C20H34IN3O2. The number of nitrogens with one attached hydrogen (secondary N) is 2. The van der Waals surface area contributed by atoms with Crippen LogP contribution in [0.1, 0.15) is 29.5 Å². The molecule has 6 heteroatoms. The van der Waals surface area contributed by atoms with Crippen molar-refractivity contribution in [1.29, 1.82) is 0 Å². The van der Waals surface area contributed by atoms with Crippen molar-refractivity contribution >= 4 is 29.9 Å². The van der Waals surface area contributed by atoms with Gasteiger partial charge in [0.05, 0.1) is 13.2 Å². The highest BCUT2D eigenvalue weighted by atomic mass is 127. The fraction of sp³-hybridized carbons (Fsp3) is 0.650. The molecule has 1 aliphatic rings. The minimum absolute atomic E-state index is 0. The van der Waals surface area contributed by atoms with Crippen molar-refractivity contribution in [2.75, 3.05) is 46.6 Å². The second-order valence-corrected chi connectivity index (χ2v) is 6.76. The van der Waals surface area contributed by atoms with Crippen LogP contribution in [0, 0.1) is 19.8 Å². The van der Waals surface area contributed by atoms with Gasteiger partial charge in [0.1, 0.15) is 0 Å². The summed E-state index contributed by atoms with van der Waals surface area (Å²) in [6.45, 7) is 9.40. The summed E-state index contributed by atoms with van der Waals surface area (Å²) in [5, 5.41) is 6.72. The summed E-state index contributed by atoms with van der Waals surface area (Å²) in [6.07, 6.45) is 3.11. The van der Waals surface area contributed by atoms with E-state index in [9.17, 15) is 0 Å². The van der Waals surface area contributed by atoms with E-state index in [0.717, 1.165) is 64.7 Å². The number of hydrogen-bond acceptors (Lipinski definition) is 3. The molecule has 0 amide bonds. The Bertz CT molecular complexity index is 546. The van der Waals surface area contributed by atoms with Crippen LogP contribution < -0.4 is 10.6 Å². The van der Waals surface area contributed by atoms with E-state index in [0.29, 0.717) is 5.92 Å². The van der Waals surface area contributed by atoms with Gasteiger partial charge in [-0.15, -0.1) is 24.0 Å². The van der Waals surface area contributed by atoms with E-state index in [1.165, 1.54) is 16.7 Å². The SMILES string of the molecule is CN=C(NCCCOCC1CCOC1)NCCc1ccc(C)cc1C.I. The van der Waals surface area contributed by atoms with Gasteiger partial charge in [0.2, 0.25) is 0 Å². The molecule has 1 aromatic rings. The van der Waals surface area contributed by atoms with Crippen LogP contribution in [-0.4, -0.2) is 52.5 Å². The van der Waals surface area contributed by atoms with Gasteiger partial charge in [0.15, 0.2) is 5.96 Å². The van der Waals surface area contributed by atoms with E-state index in [4.69, 9.17) is 9.47 Å².